The normalized spacial score (nSPS) is 8.29. The molecule has 0 aromatic heterocycles. The second kappa shape index (κ2) is 5.49. The summed E-state index contributed by atoms with van der Waals surface area (Å²) >= 11 is -5.75. The van der Waals surface area contributed by atoms with Gasteiger partial charge in [0.25, 0.3) is 0 Å². The first-order valence-electron chi connectivity index (χ1n) is 0.667. The Kier molecular flexibility index (Phi) is 12.4. The van der Waals surface area contributed by atoms with E-state index in [0.717, 1.165) is 0 Å². The molecule has 0 aliphatic rings. The summed E-state index contributed by atoms with van der Waals surface area (Å²) in [7, 11) is 0. The van der Waals surface area contributed by atoms with Crippen LogP contribution in [0.4, 0.5) is 0 Å². The molecule has 7 heteroatoms. The van der Waals surface area contributed by atoms with E-state index in [2.05, 4.69) is 0 Å². The molecule has 0 atom stereocenters. The number of hydrogen-bond donors (Lipinski definition) is 0. The van der Waals surface area contributed by atoms with E-state index in [9.17, 15) is 0 Å². The zero-order valence-corrected chi connectivity index (χ0v) is 7.17. The average Bonchev–Trinajstić information content (AvgIpc) is 0.722. The van der Waals surface area contributed by atoms with Crippen molar-refractivity contribution in [2.45, 2.75) is 0 Å². The molecule has 0 unspecified atom stereocenters. The maximum absolute atomic E-state index is 8.59. The standard InChI is InChI=1S/Al.Cr.Mg.4O/q+3;;+2;;;2*-1. The Hall–Kier alpha value is 1.35. The second-order valence-electron chi connectivity index (χ2n) is 0.408. The molecule has 0 radical (unpaired) electrons. The van der Waals surface area contributed by atoms with Crippen LogP contribution in [0.1, 0.15) is 0 Å². The van der Waals surface area contributed by atoms with Crippen molar-refractivity contribution in [2.75, 3.05) is 0 Å². The van der Waals surface area contributed by atoms with Gasteiger partial charge in [0, 0.05) is 0 Å². The fourth-order valence-corrected chi connectivity index (χ4v) is 0. The Morgan fingerprint density at radius 1 is 1.14 bits per heavy atom. The van der Waals surface area contributed by atoms with Crippen LogP contribution < -0.4 is 8.32 Å². The maximum atomic E-state index is 8.59. The van der Waals surface area contributed by atoms with E-state index in [1.54, 1.807) is 0 Å². The van der Waals surface area contributed by atoms with Gasteiger partial charge in [-0.05, 0) is 0 Å². The van der Waals surface area contributed by atoms with E-state index in [4.69, 9.17) is 15.9 Å². The quantitative estimate of drug-likeness (QED) is 0.353. The zero-order valence-electron chi connectivity index (χ0n) is 3.33. The molecule has 0 aliphatic carbocycles. The molecule has 0 saturated carbocycles. The van der Waals surface area contributed by atoms with E-state index < -0.39 is 13.6 Å². The van der Waals surface area contributed by atoms with Crippen molar-refractivity contribution in [3.05, 3.63) is 0 Å². The number of rotatable bonds is 0. The Morgan fingerprint density at radius 3 is 1.14 bits per heavy atom. The predicted molar refractivity (Wildman–Crippen MR) is 12.9 cm³/mol. The second-order valence-corrected chi connectivity index (χ2v) is 1.68. The summed E-state index contributed by atoms with van der Waals surface area (Å²) in [5.74, 6) is 0. The predicted octanol–water partition coefficient (Wildman–Crippen LogP) is -3.38. The van der Waals surface area contributed by atoms with Crippen molar-refractivity contribution in [1.29, 1.82) is 0 Å². The summed E-state index contributed by atoms with van der Waals surface area (Å²) < 4.78 is 34.4. The van der Waals surface area contributed by atoms with Crippen LogP contribution in [-0.2, 0) is 21.2 Å². The topological polar surface area (TPSA) is 80.3 Å². The van der Waals surface area contributed by atoms with Gasteiger partial charge in [-0.3, -0.25) is 0 Å². The summed E-state index contributed by atoms with van der Waals surface area (Å²) in [6.45, 7) is 0. The van der Waals surface area contributed by atoms with Gasteiger partial charge in [0.1, 0.15) is 0 Å². The third-order valence-corrected chi connectivity index (χ3v) is 0. The Bertz CT molecular complexity index is 94.9. The van der Waals surface area contributed by atoms with Crippen LogP contribution >= 0.6 is 0 Å². The van der Waals surface area contributed by atoms with Gasteiger partial charge < -0.3 is 0 Å². The van der Waals surface area contributed by atoms with Gasteiger partial charge >= 0.3 is 70.0 Å². The molecule has 0 aromatic carbocycles. The monoisotopic (exact) mass is 167 g/mol. The van der Waals surface area contributed by atoms with Crippen LogP contribution in [0, 0.1) is 0 Å². The molecule has 0 heterocycles. The van der Waals surface area contributed by atoms with Crippen molar-refractivity contribution < 1.29 is 29.5 Å². The van der Waals surface area contributed by atoms with Crippen molar-refractivity contribution in [3.63, 3.8) is 0 Å². The van der Waals surface area contributed by atoms with Crippen LogP contribution in [0.15, 0.2) is 0 Å². The molecule has 0 bridgehead atoms. The van der Waals surface area contributed by atoms with Gasteiger partial charge in [0.15, 0.2) is 0 Å². The molecule has 0 fully saturated rings. The molecule has 0 saturated heterocycles. The molecule has 0 aliphatic heterocycles. The SMILES string of the molecule is [Al+3].[Mg+2].[O]=[Cr](=[O])([O-])[O-]. The summed E-state index contributed by atoms with van der Waals surface area (Å²) in [6.07, 6.45) is 0. The summed E-state index contributed by atoms with van der Waals surface area (Å²) in [5, 5.41) is 0. The van der Waals surface area contributed by atoms with Gasteiger partial charge in [-0.15, -0.1) is 0 Å². The van der Waals surface area contributed by atoms with Crippen LogP contribution in [0.3, 0.4) is 0 Å². The van der Waals surface area contributed by atoms with Gasteiger partial charge in [-0.25, -0.2) is 0 Å². The minimum atomic E-state index is -5.75. The van der Waals surface area contributed by atoms with Crippen molar-refractivity contribution >= 4 is 40.4 Å². The Labute approximate surface area is 69.6 Å². The number of hydrogen-bond acceptors (Lipinski definition) is 4. The van der Waals surface area contributed by atoms with Gasteiger partial charge in [0.05, 0.1) is 0 Å². The molecule has 0 amide bonds. The Morgan fingerprint density at radius 2 is 1.14 bits per heavy atom. The van der Waals surface area contributed by atoms with E-state index in [1.165, 1.54) is 0 Å². The van der Waals surface area contributed by atoms with E-state index in [-0.39, 0.29) is 40.4 Å². The summed E-state index contributed by atoms with van der Waals surface area (Å²) in [4.78, 5) is 0. The van der Waals surface area contributed by atoms with Crippen LogP contribution in [0.2, 0.25) is 0 Å². The first kappa shape index (κ1) is 15.8. The fourth-order valence-electron chi connectivity index (χ4n) is 0. The summed E-state index contributed by atoms with van der Waals surface area (Å²) in [6, 6.07) is 0. The van der Waals surface area contributed by atoms with Crippen LogP contribution in [0.5, 0.6) is 0 Å². The van der Waals surface area contributed by atoms with Crippen molar-refractivity contribution in [3.8, 4) is 0 Å². The molecule has 4 nitrogen and oxygen atoms in total. The molecule has 0 rings (SSSR count). The van der Waals surface area contributed by atoms with Crippen LogP contribution in [0.25, 0.3) is 0 Å². The first-order chi connectivity index (χ1) is 2.00. The minimum absolute atomic E-state index is 0. The molecule has 0 aromatic rings. The van der Waals surface area contributed by atoms with E-state index in [1.807, 2.05) is 0 Å². The van der Waals surface area contributed by atoms with Gasteiger partial charge in [-0.2, -0.15) is 0 Å². The molecule has 7 heavy (non-hydrogen) atoms. The Balaban J connectivity index is -0.0000000800. The van der Waals surface area contributed by atoms with Gasteiger partial charge in [-0.1, -0.05) is 0 Å². The molecular formula is AlCrMgO4+3. The zero-order chi connectivity index (χ0) is 4.50. The molecule has 0 N–H and O–H groups in total. The van der Waals surface area contributed by atoms with E-state index >= 15 is 0 Å². The molecule has 32 valence electrons. The average molecular weight is 167 g/mol. The van der Waals surface area contributed by atoms with Crippen LogP contribution in [-0.4, -0.2) is 40.4 Å². The summed E-state index contributed by atoms with van der Waals surface area (Å²) in [5.41, 5.74) is 0. The first-order valence-corrected chi connectivity index (χ1v) is 2.75. The third-order valence-electron chi connectivity index (χ3n) is 0. The van der Waals surface area contributed by atoms with Crippen molar-refractivity contribution in [2.24, 2.45) is 0 Å². The third kappa shape index (κ3) is 115. The van der Waals surface area contributed by atoms with Crippen molar-refractivity contribution in [1.82, 2.24) is 0 Å². The molecule has 0 spiro atoms. The van der Waals surface area contributed by atoms with E-state index in [0.29, 0.717) is 0 Å². The molecular weight excluding hydrogens is 167 g/mol. The van der Waals surface area contributed by atoms with Gasteiger partial charge in [0.2, 0.25) is 0 Å². The fraction of sp³-hybridized carbons (Fsp3) is 0.